The first kappa shape index (κ1) is 40.8. The summed E-state index contributed by atoms with van der Waals surface area (Å²) >= 11 is 0. The minimum absolute atomic E-state index is 0.160. The molecule has 3 rings (SSSR count). The first-order chi connectivity index (χ1) is 23.1. The number of urea groups is 1. The smallest absolute Gasteiger partial charge is 0.315 e. The van der Waals surface area contributed by atoms with Crippen LogP contribution >= 0.6 is 0 Å². The van der Waals surface area contributed by atoms with Crippen LogP contribution in [-0.2, 0) is 28.8 Å². The molecule has 1 aliphatic carbocycles. The monoisotopic (exact) mass is 685 g/mol. The van der Waals surface area contributed by atoms with Gasteiger partial charge in [-0.2, -0.15) is 0 Å². The van der Waals surface area contributed by atoms with Crippen LogP contribution in [0.25, 0.3) is 0 Å². The number of hydrogen-bond acceptors (Lipinski definition) is 8. The van der Waals surface area contributed by atoms with Crippen molar-refractivity contribution in [3.05, 3.63) is 35.9 Å². The third-order valence-electron chi connectivity index (χ3n) is 8.49. The number of carbonyl (C=O) groups is 7. The average Bonchev–Trinajstić information content (AvgIpc) is 3.78. The van der Waals surface area contributed by atoms with Gasteiger partial charge in [0.05, 0.1) is 24.7 Å². The third-order valence-corrected chi connectivity index (χ3v) is 8.49. The first-order valence-corrected chi connectivity index (χ1v) is 17.0. The molecule has 49 heavy (non-hydrogen) atoms. The van der Waals surface area contributed by atoms with E-state index in [1.165, 1.54) is 7.05 Å². The predicted molar refractivity (Wildman–Crippen MR) is 185 cm³/mol. The average molecular weight is 686 g/mol. The summed E-state index contributed by atoms with van der Waals surface area (Å²) in [4.78, 5) is 86.8. The Hall–Kier alpha value is -4.33. The number of aldehydes is 1. The lowest BCUT2D eigenvalue weighted by Crippen LogP contribution is -2.53. The van der Waals surface area contributed by atoms with Crippen LogP contribution in [0.1, 0.15) is 84.7 Å². The minimum atomic E-state index is -0.934. The topological polar surface area (TPSA) is 195 Å². The highest BCUT2D eigenvalue weighted by atomic mass is 16.2. The van der Waals surface area contributed by atoms with Gasteiger partial charge in [-0.15, -0.1) is 0 Å². The number of rotatable bonds is 15. The number of nitrogens with one attached hydrogen (secondary N) is 6. The van der Waals surface area contributed by atoms with Crippen molar-refractivity contribution in [3.63, 3.8) is 0 Å². The molecule has 1 aromatic rings. The van der Waals surface area contributed by atoms with E-state index >= 15 is 0 Å². The number of Topliss-reactive ketones (excluding diaryl/α,β-unsaturated/α-hetero) is 1. The molecule has 2 aliphatic rings. The van der Waals surface area contributed by atoms with Gasteiger partial charge in [0, 0.05) is 12.6 Å². The van der Waals surface area contributed by atoms with Crippen molar-refractivity contribution in [2.75, 3.05) is 27.2 Å². The fourth-order valence-corrected chi connectivity index (χ4v) is 5.23. The molecule has 1 saturated carbocycles. The molecule has 1 saturated heterocycles. The van der Waals surface area contributed by atoms with E-state index in [2.05, 4.69) is 31.9 Å². The van der Waals surface area contributed by atoms with Crippen LogP contribution in [0.15, 0.2) is 30.3 Å². The predicted octanol–water partition coefficient (Wildman–Crippen LogP) is 1.35. The van der Waals surface area contributed by atoms with Gasteiger partial charge in [0.25, 0.3) is 5.91 Å². The summed E-state index contributed by atoms with van der Waals surface area (Å²) in [6.45, 7) is 9.96. The Morgan fingerprint density at radius 3 is 2.14 bits per heavy atom. The number of amides is 6. The number of likely N-dealkylation sites (N-methyl/N-ethyl adjacent to an activating group) is 2. The molecule has 1 heterocycles. The van der Waals surface area contributed by atoms with Crippen molar-refractivity contribution in [1.82, 2.24) is 36.8 Å². The molecule has 14 nitrogen and oxygen atoms in total. The number of carbonyl (C=O) groups excluding carboxylic acids is 7. The van der Waals surface area contributed by atoms with E-state index in [9.17, 15) is 33.6 Å². The second kappa shape index (κ2) is 19.6. The van der Waals surface area contributed by atoms with Gasteiger partial charge in [-0.1, -0.05) is 63.4 Å². The van der Waals surface area contributed by atoms with Crippen molar-refractivity contribution >= 4 is 41.7 Å². The first-order valence-electron chi connectivity index (χ1n) is 17.0. The van der Waals surface area contributed by atoms with Gasteiger partial charge in [-0.05, 0) is 71.0 Å². The Labute approximate surface area is 289 Å². The number of likely N-dealkylation sites (tertiary alicyclic amines) is 1. The van der Waals surface area contributed by atoms with Gasteiger partial charge in [-0.25, -0.2) is 4.79 Å². The van der Waals surface area contributed by atoms with Crippen LogP contribution in [0.3, 0.4) is 0 Å². The Morgan fingerprint density at radius 2 is 1.63 bits per heavy atom. The summed E-state index contributed by atoms with van der Waals surface area (Å²) in [7, 11) is 3.32. The van der Waals surface area contributed by atoms with Gasteiger partial charge in [-0.3, -0.25) is 28.9 Å². The fourth-order valence-electron chi connectivity index (χ4n) is 5.23. The molecule has 0 aromatic heterocycles. The zero-order chi connectivity index (χ0) is 36.7. The maximum absolute atomic E-state index is 12.8. The number of nitrogens with zero attached hydrogens (tertiary/aromatic N) is 1. The molecule has 6 N–H and O–H groups in total. The summed E-state index contributed by atoms with van der Waals surface area (Å²) in [5.74, 6) is -2.50. The molecule has 1 aliphatic heterocycles. The van der Waals surface area contributed by atoms with E-state index in [-0.39, 0.29) is 29.4 Å². The van der Waals surface area contributed by atoms with E-state index < -0.39 is 48.2 Å². The van der Waals surface area contributed by atoms with Crippen molar-refractivity contribution in [3.8, 4) is 0 Å². The van der Waals surface area contributed by atoms with Crippen molar-refractivity contribution in [1.29, 1.82) is 0 Å². The zero-order valence-electron chi connectivity index (χ0n) is 29.9. The van der Waals surface area contributed by atoms with Crippen molar-refractivity contribution in [2.45, 2.75) is 103 Å². The second-order valence-electron chi connectivity index (χ2n) is 13.8. The summed E-state index contributed by atoms with van der Waals surface area (Å²) in [6.07, 6.45) is 5.61. The van der Waals surface area contributed by atoms with E-state index in [1.807, 2.05) is 46.6 Å². The summed E-state index contributed by atoms with van der Waals surface area (Å²) in [5, 5.41) is 15.6. The molecule has 0 spiro atoms. The van der Waals surface area contributed by atoms with Crippen molar-refractivity contribution in [2.24, 2.45) is 11.8 Å². The molecule has 14 heteroatoms. The molecule has 1 aromatic carbocycles. The van der Waals surface area contributed by atoms with Crippen LogP contribution in [0.5, 0.6) is 0 Å². The van der Waals surface area contributed by atoms with E-state index in [0.717, 1.165) is 38.5 Å². The molecular weight excluding hydrogens is 630 g/mol. The Morgan fingerprint density at radius 1 is 0.980 bits per heavy atom. The molecule has 0 bridgehead atoms. The van der Waals surface area contributed by atoms with E-state index in [0.29, 0.717) is 24.3 Å². The largest absolute Gasteiger partial charge is 0.357 e. The highest BCUT2D eigenvalue weighted by molar-refractivity contribution is 6.38. The van der Waals surface area contributed by atoms with E-state index in [1.54, 1.807) is 30.3 Å². The Balaban J connectivity index is 0.000000469. The quantitative estimate of drug-likeness (QED) is 0.118. The maximum atomic E-state index is 12.8. The SMILES string of the molecule is CCC(C)C(C=O)NC(=O)NC(C)(C)C.CNC(=O)C(NC(=O)CNC(=O)C(=O)C(CC1CC1)NC(=O)C1CCCN1C)c1ccccc1. The van der Waals surface area contributed by atoms with Crippen LogP contribution in [0, 0.1) is 11.8 Å². The summed E-state index contributed by atoms with van der Waals surface area (Å²) in [6, 6.07) is 5.84. The number of hydrogen-bond donors (Lipinski definition) is 6. The summed E-state index contributed by atoms with van der Waals surface area (Å²) < 4.78 is 0. The zero-order valence-corrected chi connectivity index (χ0v) is 29.9. The lowest BCUT2D eigenvalue weighted by atomic mass is 10.0. The molecule has 6 amide bonds. The van der Waals surface area contributed by atoms with Gasteiger partial charge in [0.15, 0.2) is 0 Å². The Bertz CT molecular complexity index is 1300. The minimum Gasteiger partial charge on any atom is -0.357 e. The normalized spacial score (nSPS) is 18.2. The summed E-state index contributed by atoms with van der Waals surface area (Å²) in [5.41, 5.74) is 0.300. The van der Waals surface area contributed by atoms with Gasteiger partial charge in [0.2, 0.25) is 23.5 Å². The van der Waals surface area contributed by atoms with Crippen LogP contribution in [-0.4, -0.2) is 97.5 Å². The molecule has 272 valence electrons. The molecule has 5 unspecified atom stereocenters. The Kier molecular flexibility index (Phi) is 16.3. The lowest BCUT2D eigenvalue weighted by Gasteiger charge is -2.24. The van der Waals surface area contributed by atoms with Gasteiger partial charge < -0.3 is 36.7 Å². The van der Waals surface area contributed by atoms with E-state index in [4.69, 9.17) is 0 Å². The highest BCUT2D eigenvalue weighted by Gasteiger charge is 2.36. The molecular formula is C35H55N7O7. The van der Waals surface area contributed by atoms with Crippen LogP contribution in [0.4, 0.5) is 4.79 Å². The standard InChI is InChI=1S/C24H33N5O5.C11H22N2O2/c1-25-23(33)20(16-7-4-3-5-8-16)28-19(30)14-26-24(34)21(31)17(13-15-10-11-15)27-22(32)18-9-6-12-29(18)2;1-6-8(2)9(7-14)12-10(15)13-11(3,4)5/h3-5,7-8,15,17-18,20H,6,9-14H2,1-2H3,(H,25,33)(H,26,34)(H,27,32)(H,28,30);7-9H,6H2,1-5H3,(H2,12,13,15). The lowest BCUT2D eigenvalue weighted by molar-refractivity contribution is -0.141. The molecule has 2 fully saturated rings. The van der Waals surface area contributed by atoms with Crippen molar-refractivity contribution < 1.29 is 33.6 Å². The second-order valence-corrected chi connectivity index (χ2v) is 13.8. The fraction of sp³-hybridized carbons (Fsp3) is 0.629. The number of ketones is 1. The van der Waals surface area contributed by atoms with Gasteiger partial charge in [0.1, 0.15) is 12.3 Å². The molecule has 5 atom stereocenters. The third kappa shape index (κ3) is 14.4. The maximum Gasteiger partial charge on any atom is 0.315 e. The van der Waals surface area contributed by atoms with Crippen LogP contribution < -0.4 is 31.9 Å². The van der Waals surface area contributed by atoms with Gasteiger partial charge >= 0.3 is 6.03 Å². The molecule has 0 radical (unpaired) electrons. The highest BCUT2D eigenvalue weighted by Crippen LogP contribution is 2.33. The number of benzene rings is 1. The van der Waals surface area contributed by atoms with Crippen LogP contribution in [0.2, 0.25) is 0 Å².